The second-order valence-corrected chi connectivity index (χ2v) is 8.28. The summed E-state index contributed by atoms with van der Waals surface area (Å²) in [6.07, 6.45) is 4.09. The summed E-state index contributed by atoms with van der Waals surface area (Å²) in [5, 5.41) is 2.21. The lowest BCUT2D eigenvalue weighted by molar-refractivity contribution is -0.136. The summed E-state index contributed by atoms with van der Waals surface area (Å²) < 4.78 is 0. The summed E-state index contributed by atoms with van der Waals surface area (Å²) in [5.74, 6) is -1.93. The van der Waals surface area contributed by atoms with Gasteiger partial charge in [0.2, 0.25) is 11.8 Å². The standard InChI is InChI=1S/C21H26N4O4/c1-2-7-21(22)8-10-24(11-9-21)13-3-4-14-15(12-13)20(29)25(19(14)28)16-5-6-17(26)23-18(16)27/h3-4,12,16H,2,5-11,22H2,1H3,(H,23,26,27). The smallest absolute Gasteiger partial charge is 0.262 e. The molecule has 3 aliphatic rings. The molecule has 0 saturated carbocycles. The number of anilines is 1. The number of fused-ring (bicyclic) bond motifs is 1. The van der Waals surface area contributed by atoms with Crippen molar-refractivity contribution in [2.45, 2.75) is 57.0 Å². The van der Waals surface area contributed by atoms with Crippen molar-refractivity contribution in [2.24, 2.45) is 5.73 Å². The lowest BCUT2D eigenvalue weighted by atomic mass is 9.84. The minimum absolute atomic E-state index is 0.113. The van der Waals surface area contributed by atoms with E-state index in [0.717, 1.165) is 49.4 Å². The summed E-state index contributed by atoms with van der Waals surface area (Å²) in [6.45, 7) is 3.74. The van der Waals surface area contributed by atoms with Crippen LogP contribution in [0.3, 0.4) is 0 Å². The largest absolute Gasteiger partial charge is 0.371 e. The molecule has 2 saturated heterocycles. The highest BCUT2D eigenvalue weighted by molar-refractivity contribution is 6.23. The van der Waals surface area contributed by atoms with E-state index in [4.69, 9.17) is 5.73 Å². The third-order valence-corrected chi connectivity index (χ3v) is 6.30. The van der Waals surface area contributed by atoms with Gasteiger partial charge in [0.25, 0.3) is 11.8 Å². The Morgan fingerprint density at radius 1 is 1.10 bits per heavy atom. The lowest BCUT2D eigenvalue weighted by Gasteiger charge is -2.40. The topological polar surface area (TPSA) is 113 Å². The molecule has 1 aromatic carbocycles. The number of benzene rings is 1. The first-order valence-electron chi connectivity index (χ1n) is 10.2. The maximum atomic E-state index is 13.0. The van der Waals surface area contributed by atoms with Gasteiger partial charge in [-0.1, -0.05) is 13.3 Å². The van der Waals surface area contributed by atoms with Gasteiger partial charge in [-0.05, 0) is 43.9 Å². The number of hydrogen-bond donors (Lipinski definition) is 2. The van der Waals surface area contributed by atoms with Crippen molar-refractivity contribution in [1.29, 1.82) is 0 Å². The molecule has 0 aromatic heterocycles. The van der Waals surface area contributed by atoms with Crippen LogP contribution in [0.5, 0.6) is 0 Å². The molecule has 2 fully saturated rings. The van der Waals surface area contributed by atoms with Crippen LogP contribution in [0, 0.1) is 0 Å². The lowest BCUT2D eigenvalue weighted by Crippen LogP contribution is -2.54. The van der Waals surface area contributed by atoms with E-state index < -0.39 is 23.8 Å². The summed E-state index contributed by atoms with van der Waals surface area (Å²) in [4.78, 5) is 52.5. The number of carbonyl (C=O) groups is 4. The van der Waals surface area contributed by atoms with E-state index in [-0.39, 0.29) is 24.3 Å². The fourth-order valence-electron chi connectivity index (χ4n) is 4.61. The number of hydrogen-bond acceptors (Lipinski definition) is 6. The molecule has 0 radical (unpaired) electrons. The first-order chi connectivity index (χ1) is 13.8. The highest BCUT2D eigenvalue weighted by Crippen LogP contribution is 2.33. The molecule has 3 heterocycles. The Labute approximate surface area is 169 Å². The molecule has 1 aromatic rings. The molecule has 8 heteroatoms. The fraction of sp³-hybridized carbons (Fsp3) is 0.524. The highest BCUT2D eigenvalue weighted by atomic mass is 16.2. The van der Waals surface area contributed by atoms with Crippen LogP contribution in [0.2, 0.25) is 0 Å². The van der Waals surface area contributed by atoms with Gasteiger partial charge in [0.05, 0.1) is 11.1 Å². The van der Waals surface area contributed by atoms with Crippen molar-refractivity contribution in [3.8, 4) is 0 Å². The van der Waals surface area contributed by atoms with Gasteiger partial charge < -0.3 is 10.6 Å². The summed E-state index contributed by atoms with van der Waals surface area (Å²) in [5.41, 5.74) is 7.84. The second kappa shape index (κ2) is 7.26. The van der Waals surface area contributed by atoms with Crippen molar-refractivity contribution in [1.82, 2.24) is 10.2 Å². The van der Waals surface area contributed by atoms with Gasteiger partial charge in [-0.3, -0.25) is 29.4 Å². The van der Waals surface area contributed by atoms with E-state index in [0.29, 0.717) is 11.1 Å². The number of imide groups is 2. The molecule has 0 bridgehead atoms. The SMILES string of the molecule is CCCC1(N)CCN(c2ccc3c(c2)C(=O)N(C2CCC(=O)NC2=O)C3=O)CC1. The van der Waals surface area contributed by atoms with Gasteiger partial charge in [-0.2, -0.15) is 0 Å². The van der Waals surface area contributed by atoms with E-state index in [1.54, 1.807) is 12.1 Å². The van der Waals surface area contributed by atoms with Crippen molar-refractivity contribution in [2.75, 3.05) is 18.0 Å². The maximum absolute atomic E-state index is 13.0. The molecule has 0 aliphatic carbocycles. The minimum Gasteiger partial charge on any atom is -0.371 e. The molecule has 154 valence electrons. The van der Waals surface area contributed by atoms with Crippen molar-refractivity contribution in [3.63, 3.8) is 0 Å². The van der Waals surface area contributed by atoms with E-state index in [1.807, 2.05) is 6.07 Å². The number of carbonyl (C=O) groups excluding carboxylic acids is 4. The Bertz CT molecular complexity index is 889. The molecule has 3 aliphatic heterocycles. The molecule has 0 spiro atoms. The van der Waals surface area contributed by atoms with Crippen LogP contribution in [-0.4, -0.2) is 53.2 Å². The Morgan fingerprint density at radius 2 is 1.79 bits per heavy atom. The number of nitrogens with two attached hydrogens (primary N) is 1. The van der Waals surface area contributed by atoms with Gasteiger partial charge >= 0.3 is 0 Å². The third kappa shape index (κ3) is 3.42. The fourth-order valence-corrected chi connectivity index (χ4v) is 4.61. The monoisotopic (exact) mass is 398 g/mol. The molecule has 4 rings (SSSR count). The van der Waals surface area contributed by atoms with Crippen LogP contribution in [0.4, 0.5) is 5.69 Å². The first-order valence-corrected chi connectivity index (χ1v) is 10.2. The maximum Gasteiger partial charge on any atom is 0.262 e. The quantitative estimate of drug-likeness (QED) is 0.737. The highest BCUT2D eigenvalue weighted by Gasteiger charge is 2.44. The third-order valence-electron chi connectivity index (χ3n) is 6.30. The summed E-state index contributed by atoms with van der Waals surface area (Å²) in [7, 11) is 0. The van der Waals surface area contributed by atoms with Gasteiger partial charge in [-0.15, -0.1) is 0 Å². The number of nitrogens with one attached hydrogen (secondary N) is 1. The predicted octanol–water partition coefficient (Wildman–Crippen LogP) is 1.19. The van der Waals surface area contributed by atoms with Crippen LogP contribution in [-0.2, 0) is 9.59 Å². The number of piperidine rings is 2. The average molecular weight is 398 g/mol. The van der Waals surface area contributed by atoms with Gasteiger partial charge in [0, 0.05) is 30.7 Å². The van der Waals surface area contributed by atoms with Crippen molar-refractivity contribution >= 4 is 29.3 Å². The average Bonchev–Trinajstić information content (AvgIpc) is 2.93. The van der Waals surface area contributed by atoms with E-state index >= 15 is 0 Å². The molecular formula is C21H26N4O4. The van der Waals surface area contributed by atoms with E-state index in [9.17, 15) is 19.2 Å². The Morgan fingerprint density at radius 3 is 2.45 bits per heavy atom. The molecule has 8 nitrogen and oxygen atoms in total. The summed E-state index contributed by atoms with van der Waals surface area (Å²) >= 11 is 0. The van der Waals surface area contributed by atoms with Crippen LogP contribution >= 0.6 is 0 Å². The molecule has 4 amide bonds. The zero-order chi connectivity index (χ0) is 20.8. The van der Waals surface area contributed by atoms with E-state index in [2.05, 4.69) is 17.1 Å². The Kier molecular flexibility index (Phi) is 4.90. The minimum atomic E-state index is -0.939. The summed E-state index contributed by atoms with van der Waals surface area (Å²) in [6, 6.07) is 4.31. The second-order valence-electron chi connectivity index (χ2n) is 8.28. The van der Waals surface area contributed by atoms with Crippen LogP contribution in [0.1, 0.15) is 66.2 Å². The first kappa shape index (κ1) is 19.6. The zero-order valence-electron chi connectivity index (χ0n) is 16.6. The predicted molar refractivity (Wildman–Crippen MR) is 106 cm³/mol. The van der Waals surface area contributed by atoms with E-state index in [1.165, 1.54) is 0 Å². The van der Waals surface area contributed by atoms with Gasteiger partial charge in [0.1, 0.15) is 6.04 Å². The molecule has 3 N–H and O–H groups in total. The normalized spacial score (nSPS) is 24.0. The van der Waals surface area contributed by atoms with Crippen LogP contribution < -0.4 is 16.0 Å². The van der Waals surface area contributed by atoms with Crippen LogP contribution in [0.15, 0.2) is 18.2 Å². The van der Waals surface area contributed by atoms with Gasteiger partial charge in [0.15, 0.2) is 0 Å². The molecular weight excluding hydrogens is 372 g/mol. The Balaban J connectivity index is 1.53. The molecule has 29 heavy (non-hydrogen) atoms. The molecule has 1 unspecified atom stereocenters. The van der Waals surface area contributed by atoms with Crippen LogP contribution in [0.25, 0.3) is 0 Å². The number of amides is 4. The molecule has 1 atom stereocenters. The van der Waals surface area contributed by atoms with Gasteiger partial charge in [-0.25, -0.2) is 0 Å². The number of rotatable bonds is 4. The number of nitrogens with zero attached hydrogens (tertiary/aromatic N) is 2. The van der Waals surface area contributed by atoms with Crippen molar-refractivity contribution < 1.29 is 19.2 Å². The Hall–Kier alpha value is -2.74. The van der Waals surface area contributed by atoms with Crippen molar-refractivity contribution in [3.05, 3.63) is 29.3 Å². The zero-order valence-corrected chi connectivity index (χ0v) is 16.6.